The molecular formula is C15H18BrClO. The Morgan fingerprint density at radius 2 is 2.17 bits per heavy atom. The second-order valence-electron chi connectivity index (χ2n) is 5.85. The zero-order valence-corrected chi connectivity index (χ0v) is 12.6. The van der Waals surface area contributed by atoms with Crippen LogP contribution in [0.5, 0.6) is 0 Å². The van der Waals surface area contributed by atoms with Crippen LogP contribution in [0.25, 0.3) is 0 Å². The minimum Gasteiger partial charge on any atom is -0.388 e. The number of rotatable bonds is 3. The molecule has 3 heteroatoms. The van der Waals surface area contributed by atoms with Gasteiger partial charge in [-0.25, -0.2) is 0 Å². The van der Waals surface area contributed by atoms with Crippen LogP contribution >= 0.6 is 27.5 Å². The van der Waals surface area contributed by atoms with Crippen LogP contribution in [0.15, 0.2) is 22.7 Å². The Morgan fingerprint density at radius 3 is 2.83 bits per heavy atom. The normalized spacial score (nSPS) is 31.8. The van der Waals surface area contributed by atoms with Crippen LogP contribution in [-0.2, 0) is 0 Å². The van der Waals surface area contributed by atoms with Crippen LogP contribution in [0, 0.1) is 17.8 Å². The topological polar surface area (TPSA) is 20.2 Å². The monoisotopic (exact) mass is 328 g/mol. The van der Waals surface area contributed by atoms with Crippen molar-refractivity contribution in [2.75, 3.05) is 0 Å². The summed E-state index contributed by atoms with van der Waals surface area (Å²) in [5, 5.41) is 11.1. The van der Waals surface area contributed by atoms with Gasteiger partial charge in [0.25, 0.3) is 0 Å². The second kappa shape index (κ2) is 5.15. The Bertz CT molecular complexity index is 448. The maximum atomic E-state index is 10.4. The third-order valence-electron chi connectivity index (χ3n) is 4.73. The largest absolute Gasteiger partial charge is 0.388 e. The summed E-state index contributed by atoms with van der Waals surface area (Å²) in [6.07, 6.45) is 5.94. The second-order valence-corrected chi connectivity index (χ2v) is 7.18. The molecule has 18 heavy (non-hydrogen) atoms. The average Bonchev–Trinajstić information content (AvgIpc) is 2.94. The molecule has 0 aliphatic heterocycles. The van der Waals surface area contributed by atoms with Gasteiger partial charge < -0.3 is 5.11 Å². The van der Waals surface area contributed by atoms with Gasteiger partial charge in [-0.1, -0.05) is 34.0 Å². The van der Waals surface area contributed by atoms with Crippen LogP contribution in [0.4, 0.5) is 0 Å². The first-order chi connectivity index (χ1) is 8.63. The molecule has 1 aromatic carbocycles. The van der Waals surface area contributed by atoms with Crippen molar-refractivity contribution in [3.63, 3.8) is 0 Å². The molecule has 1 aromatic rings. The maximum Gasteiger partial charge on any atom is 0.0807 e. The van der Waals surface area contributed by atoms with E-state index < -0.39 is 6.10 Å². The number of aliphatic hydroxyl groups excluding tert-OH is 1. The molecule has 2 aliphatic carbocycles. The molecule has 3 rings (SSSR count). The van der Waals surface area contributed by atoms with Crippen LogP contribution in [-0.4, -0.2) is 5.11 Å². The molecule has 4 atom stereocenters. The van der Waals surface area contributed by atoms with E-state index in [4.69, 9.17) is 11.6 Å². The average molecular weight is 330 g/mol. The summed E-state index contributed by atoms with van der Waals surface area (Å²) in [5.74, 6) is 2.49. The predicted molar refractivity (Wildman–Crippen MR) is 77.7 cm³/mol. The van der Waals surface area contributed by atoms with E-state index in [0.717, 1.165) is 28.3 Å². The summed E-state index contributed by atoms with van der Waals surface area (Å²) in [6, 6.07) is 5.71. The maximum absolute atomic E-state index is 10.4. The molecule has 2 fully saturated rings. The number of hydrogen-bond donors (Lipinski definition) is 1. The highest BCUT2D eigenvalue weighted by atomic mass is 79.9. The van der Waals surface area contributed by atoms with Gasteiger partial charge in [0.05, 0.1) is 6.10 Å². The highest BCUT2D eigenvalue weighted by Crippen LogP contribution is 2.51. The Labute approximate surface area is 122 Å². The fraction of sp³-hybridized carbons (Fsp3) is 0.600. The van der Waals surface area contributed by atoms with Crippen molar-refractivity contribution in [2.24, 2.45) is 17.8 Å². The standard InChI is InChI=1S/C15H18BrClO/c16-12-3-4-14(17)13(8-12)15(18)7-11-6-9-1-2-10(11)5-9/h3-4,8-11,15,18H,1-2,5-7H2. The van der Waals surface area contributed by atoms with Gasteiger partial charge in [0.15, 0.2) is 0 Å². The molecule has 98 valence electrons. The molecule has 0 aromatic heterocycles. The first-order valence-electron chi connectivity index (χ1n) is 6.76. The van der Waals surface area contributed by atoms with E-state index >= 15 is 0 Å². The van der Waals surface area contributed by atoms with Crippen LogP contribution < -0.4 is 0 Å². The summed E-state index contributed by atoms with van der Waals surface area (Å²) in [4.78, 5) is 0. The lowest BCUT2D eigenvalue weighted by molar-refractivity contribution is 0.125. The predicted octanol–water partition coefficient (Wildman–Crippen LogP) is 4.96. The van der Waals surface area contributed by atoms with Gasteiger partial charge in [0.2, 0.25) is 0 Å². The molecule has 0 heterocycles. The van der Waals surface area contributed by atoms with E-state index in [1.165, 1.54) is 25.7 Å². The summed E-state index contributed by atoms with van der Waals surface area (Å²) in [5.41, 5.74) is 0.869. The first kappa shape index (κ1) is 13.0. The van der Waals surface area contributed by atoms with E-state index in [9.17, 15) is 5.11 Å². The van der Waals surface area contributed by atoms with Crippen LogP contribution in [0.3, 0.4) is 0 Å². The molecule has 1 N–H and O–H groups in total. The minimum absolute atomic E-state index is 0.417. The van der Waals surface area contributed by atoms with Crippen molar-refractivity contribution in [3.05, 3.63) is 33.3 Å². The smallest absolute Gasteiger partial charge is 0.0807 e. The van der Waals surface area contributed by atoms with Gasteiger partial charge in [-0.2, -0.15) is 0 Å². The fourth-order valence-corrected chi connectivity index (χ4v) is 4.47. The summed E-state index contributed by atoms with van der Waals surface area (Å²) in [7, 11) is 0. The third-order valence-corrected chi connectivity index (χ3v) is 5.57. The number of halogens is 2. The zero-order chi connectivity index (χ0) is 12.7. The zero-order valence-electron chi connectivity index (χ0n) is 10.3. The van der Waals surface area contributed by atoms with Crippen molar-refractivity contribution >= 4 is 27.5 Å². The van der Waals surface area contributed by atoms with E-state index in [-0.39, 0.29) is 0 Å². The fourth-order valence-electron chi connectivity index (χ4n) is 3.85. The molecule has 0 saturated heterocycles. The summed E-state index contributed by atoms with van der Waals surface area (Å²) >= 11 is 9.61. The minimum atomic E-state index is -0.417. The van der Waals surface area contributed by atoms with E-state index in [0.29, 0.717) is 10.9 Å². The summed E-state index contributed by atoms with van der Waals surface area (Å²) in [6.45, 7) is 0. The number of fused-ring (bicyclic) bond motifs is 2. The molecule has 2 saturated carbocycles. The number of hydrogen-bond acceptors (Lipinski definition) is 1. The van der Waals surface area contributed by atoms with Gasteiger partial charge in [0.1, 0.15) is 0 Å². The van der Waals surface area contributed by atoms with Crippen LogP contribution in [0.1, 0.15) is 43.8 Å². The number of aliphatic hydroxyl groups is 1. The molecule has 2 aliphatic rings. The van der Waals surface area contributed by atoms with E-state index in [2.05, 4.69) is 15.9 Å². The Balaban J connectivity index is 1.71. The Hall–Kier alpha value is -0.0500. The van der Waals surface area contributed by atoms with Gasteiger partial charge >= 0.3 is 0 Å². The molecule has 0 radical (unpaired) electrons. The molecule has 1 nitrogen and oxygen atoms in total. The van der Waals surface area contributed by atoms with Crippen molar-refractivity contribution in [3.8, 4) is 0 Å². The Morgan fingerprint density at radius 1 is 1.33 bits per heavy atom. The lowest BCUT2D eigenvalue weighted by Crippen LogP contribution is -2.14. The number of benzene rings is 1. The van der Waals surface area contributed by atoms with Crippen molar-refractivity contribution in [1.29, 1.82) is 0 Å². The molecular weight excluding hydrogens is 312 g/mol. The van der Waals surface area contributed by atoms with Crippen molar-refractivity contribution in [2.45, 2.75) is 38.2 Å². The first-order valence-corrected chi connectivity index (χ1v) is 7.93. The Kier molecular flexibility index (Phi) is 3.70. The SMILES string of the molecule is OC(CC1CC2CCC1C2)c1cc(Br)ccc1Cl. The molecule has 2 bridgehead atoms. The molecule has 4 unspecified atom stereocenters. The van der Waals surface area contributed by atoms with Gasteiger partial charge in [-0.05, 0) is 61.6 Å². The van der Waals surface area contributed by atoms with Crippen LogP contribution in [0.2, 0.25) is 5.02 Å². The van der Waals surface area contributed by atoms with E-state index in [1.54, 1.807) is 0 Å². The van der Waals surface area contributed by atoms with E-state index in [1.807, 2.05) is 18.2 Å². The van der Waals surface area contributed by atoms with Gasteiger partial charge in [-0.15, -0.1) is 0 Å². The molecule has 0 amide bonds. The van der Waals surface area contributed by atoms with Gasteiger partial charge in [0, 0.05) is 15.1 Å². The lowest BCUT2D eigenvalue weighted by atomic mass is 9.83. The van der Waals surface area contributed by atoms with Gasteiger partial charge in [-0.3, -0.25) is 0 Å². The highest BCUT2D eigenvalue weighted by molar-refractivity contribution is 9.10. The molecule has 0 spiro atoms. The quantitative estimate of drug-likeness (QED) is 0.830. The summed E-state index contributed by atoms with van der Waals surface area (Å²) < 4.78 is 0.980. The van der Waals surface area contributed by atoms with Crippen molar-refractivity contribution < 1.29 is 5.11 Å². The third kappa shape index (κ3) is 2.48. The highest BCUT2D eigenvalue weighted by Gasteiger charge is 2.40. The van der Waals surface area contributed by atoms with Crippen molar-refractivity contribution in [1.82, 2.24) is 0 Å². The lowest BCUT2D eigenvalue weighted by Gasteiger charge is -2.24.